The Kier molecular flexibility index (Phi) is 4.50. The molecule has 2 heteroatoms. The fourth-order valence-corrected chi connectivity index (χ4v) is 1.74. The first-order valence-electron chi connectivity index (χ1n) is 5.58. The van der Waals surface area contributed by atoms with Crippen LogP contribution in [0.1, 0.15) is 31.9 Å². The van der Waals surface area contributed by atoms with Crippen molar-refractivity contribution in [2.75, 3.05) is 0 Å². The molecule has 0 saturated carbocycles. The lowest BCUT2D eigenvalue weighted by molar-refractivity contribution is -0.119. The highest BCUT2D eigenvalue weighted by Crippen LogP contribution is 2.16. The Hall–Kier alpha value is -1.15. The lowest BCUT2D eigenvalue weighted by Crippen LogP contribution is -2.40. The van der Waals surface area contributed by atoms with Crippen LogP contribution in [-0.2, 0) is 17.8 Å². The summed E-state index contributed by atoms with van der Waals surface area (Å²) in [6.07, 6.45) is 0.839. The van der Waals surface area contributed by atoms with E-state index in [1.54, 1.807) is 6.92 Å². The number of nitrogens with one attached hydrogen (secondary N) is 1. The summed E-state index contributed by atoms with van der Waals surface area (Å²) in [6, 6.07) is 8.30. The predicted octanol–water partition coefficient (Wildman–Crippen LogP) is 2.32. The molecule has 1 aromatic rings. The summed E-state index contributed by atoms with van der Waals surface area (Å²) in [5, 5.41) is 3.23. The first-order valence-corrected chi connectivity index (χ1v) is 5.58. The summed E-state index contributed by atoms with van der Waals surface area (Å²) in [5.41, 5.74) is 2.63. The normalized spacial score (nSPS) is 18.5. The van der Waals surface area contributed by atoms with Gasteiger partial charge in [-0.2, -0.15) is 0 Å². The molecule has 1 atom stereocenters. The van der Waals surface area contributed by atoms with E-state index in [1.807, 2.05) is 26.0 Å². The van der Waals surface area contributed by atoms with Crippen molar-refractivity contribution in [3.05, 3.63) is 35.4 Å². The van der Waals surface area contributed by atoms with Crippen molar-refractivity contribution in [1.29, 1.82) is 0 Å². The minimum Gasteiger partial charge on any atom is -0.303 e. The number of ketones is 1. The molecule has 0 radical (unpaired) electrons. The van der Waals surface area contributed by atoms with Crippen molar-refractivity contribution < 1.29 is 4.79 Å². The van der Waals surface area contributed by atoms with Gasteiger partial charge in [-0.25, -0.2) is 0 Å². The van der Waals surface area contributed by atoms with E-state index in [2.05, 4.69) is 17.4 Å². The van der Waals surface area contributed by atoms with E-state index in [4.69, 9.17) is 0 Å². The fourth-order valence-electron chi connectivity index (χ4n) is 1.74. The second kappa shape index (κ2) is 5.66. The molecule has 82 valence electrons. The molecule has 0 fully saturated rings. The van der Waals surface area contributed by atoms with Gasteiger partial charge in [0.1, 0.15) is 5.78 Å². The van der Waals surface area contributed by atoms with Crippen LogP contribution in [0.5, 0.6) is 0 Å². The number of Topliss-reactive ketones (excluding diaryl/α,β-unsaturated/α-hetero) is 1. The first-order chi connectivity index (χ1) is 7.27. The van der Waals surface area contributed by atoms with Crippen molar-refractivity contribution in [3.8, 4) is 0 Å². The number of carbonyl (C=O) groups is 1. The maximum absolute atomic E-state index is 11.1. The Morgan fingerprint density at radius 3 is 2.47 bits per heavy atom. The van der Waals surface area contributed by atoms with Crippen molar-refractivity contribution in [1.82, 2.24) is 5.32 Å². The summed E-state index contributed by atoms with van der Waals surface area (Å²) < 4.78 is 0. The molecule has 1 aliphatic rings. The zero-order valence-corrected chi connectivity index (χ0v) is 9.71. The number of fused-ring (bicyclic) bond motifs is 1. The van der Waals surface area contributed by atoms with Crippen molar-refractivity contribution >= 4 is 5.78 Å². The minimum atomic E-state index is 0.0231. The van der Waals surface area contributed by atoms with E-state index in [-0.39, 0.29) is 11.8 Å². The van der Waals surface area contributed by atoms with Gasteiger partial charge >= 0.3 is 0 Å². The van der Waals surface area contributed by atoms with Gasteiger partial charge in [0, 0.05) is 6.54 Å². The molecule has 15 heavy (non-hydrogen) atoms. The van der Waals surface area contributed by atoms with Crippen LogP contribution in [0.3, 0.4) is 0 Å². The van der Waals surface area contributed by atoms with Gasteiger partial charge in [-0.05, 0) is 24.5 Å². The summed E-state index contributed by atoms with van der Waals surface area (Å²) in [6.45, 7) is 6.46. The SMILES string of the molecule is CC.CC(=O)C1Cc2ccccc2CN1. The molecule has 0 bridgehead atoms. The second-order valence-corrected chi connectivity index (χ2v) is 3.52. The van der Waals surface area contributed by atoms with Crippen molar-refractivity contribution in [2.45, 2.75) is 39.8 Å². The van der Waals surface area contributed by atoms with Crippen LogP contribution >= 0.6 is 0 Å². The molecule has 1 N–H and O–H groups in total. The van der Waals surface area contributed by atoms with E-state index in [0.717, 1.165) is 13.0 Å². The quantitative estimate of drug-likeness (QED) is 0.762. The molecule has 2 nitrogen and oxygen atoms in total. The van der Waals surface area contributed by atoms with Crippen molar-refractivity contribution in [2.24, 2.45) is 0 Å². The number of rotatable bonds is 1. The van der Waals surface area contributed by atoms with Crippen LogP contribution in [0.25, 0.3) is 0 Å². The largest absolute Gasteiger partial charge is 0.303 e. The first kappa shape index (κ1) is 11.9. The maximum atomic E-state index is 11.1. The van der Waals surface area contributed by atoms with Crippen LogP contribution in [0, 0.1) is 0 Å². The van der Waals surface area contributed by atoms with E-state index in [9.17, 15) is 4.79 Å². The fraction of sp³-hybridized carbons (Fsp3) is 0.462. The molecule has 0 spiro atoms. The topological polar surface area (TPSA) is 29.1 Å². The van der Waals surface area contributed by atoms with Gasteiger partial charge in [-0.3, -0.25) is 4.79 Å². The summed E-state index contributed by atoms with van der Waals surface area (Å²) >= 11 is 0. The molecular weight excluding hydrogens is 186 g/mol. The number of carbonyl (C=O) groups excluding carboxylic acids is 1. The average Bonchev–Trinajstić information content (AvgIpc) is 2.31. The minimum absolute atomic E-state index is 0.0231. The van der Waals surface area contributed by atoms with E-state index < -0.39 is 0 Å². The average molecular weight is 205 g/mol. The Labute approximate surface area is 91.7 Å². The highest BCUT2D eigenvalue weighted by atomic mass is 16.1. The monoisotopic (exact) mass is 205 g/mol. The maximum Gasteiger partial charge on any atom is 0.147 e. The molecule has 1 unspecified atom stereocenters. The van der Waals surface area contributed by atoms with Crippen LogP contribution in [0.15, 0.2) is 24.3 Å². The van der Waals surface area contributed by atoms with Gasteiger partial charge in [0.2, 0.25) is 0 Å². The Morgan fingerprint density at radius 1 is 1.27 bits per heavy atom. The lowest BCUT2D eigenvalue weighted by Gasteiger charge is -2.23. The Bertz CT molecular complexity index is 333. The molecule has 0 saturated heterocycles. The van der Waals surface area contributed by atoms with E-state index in [0.29, 0.717) is 0 Å². The van der Waals surface area contributed by atoms with Crippen LogP contribution in [0.2, 0.25) is 0 Å². The third-order valence-electron chi connectivity index (χ3n) is 2.57. The van der Waals surface area contributed by atoms with E-state index in [1.165, 1.54) is 11.1 Å². The molecule has 0 amide bonds. The predicted molar refractivity (Wildman–Crippen MR) is 62.8 cm³/mol. The van der Waals surface area contributed by atoms with Crippen LogP contribution in [0.4, 0.5) is 0 Å². The Morgan fingerprint density at radius 2 is 1.87 bits per heavy atom. The third-order valence-corrected chi connectivity index (χ3v) is 2.57. The molecule has 1 aromatic carbocycles. The summed E-state index contributed by atoms with van der Waals surface area (Å²) in [5.74, 6) is 0.231. The number of benzene rings is 1. The smallest absolute Gasteiger partial charge is 0.147 e. The number of hydrogen-bond acceptors (Lipinski definition) is 2. The highest BCUT2D eigenvalue weighted by molar-refractivity contribution is 5.82. The Balaban J connectivity index is 0.000000531. The number of hydrogen-bond donors (Lipinski definition) is 1. The second-order valence-electron chi connectivity index (χ2n) is 3.52. The molecule has 0 aromatic heterocycles. The molecule has 2 rings (SSSR count). The van der Waals surface area contributed by atoms with Gasteiger partial charge in [-0.15, -0.1) is 0 Å². The zero-order chi connectivity index (χ0) is 11.3. The molecule has 1 aliphatic heterocycles. The lowest BCUT2D eigenvalue weighted by atomic mass is 9.94. The van der Waals surface area contributed by atoms with Gasteiger partial charge in [0.05, 0.1) is 6.04 Å². The van der Waals surface area contributed by atoms with Gasteiger partial charge in [-0.1, -0.05) is 38.1 Å². The molecule has 1 heterocycles. The summed E-state index contributed by atoms with van der Waals surface area (Å²) in [4.78, 5) is 11.1. The zero-order valence-electron chi connectivity index (χ0n) is 9.71. The molecular formula is C13H19NO. The van der Waals surface area contributed by atoms with Gasteiger partial charge < -0.3 is 5.32 Å². The van der Waals surface area contributed by atoms with Gasteiger partial charge in [0.15, 0.2) is 0 Å². The van der Waals surface area contributed by atoms with Crippen LogP contribution < -0.4 is 5.32 Å². The highest BCUT2D eigenvalue weighted by Gasteiger charge is 2.20. The van der Waals surface area contributed by atoms with Gasteiger partial charge in [0.25, 0.3) is 0 Å². The molecule has 0 aliphatic carbocycles. The standard InChI is InChI=1S/C11H13NO.C2H6/c1-8(13)11-6-9-4-2-3-5-10(9)7-12-11;1-2/h2-5,11-12H,6-7H2,1H3;1-2H3. The van der Waals surface area contributed by atoms with Crippen LogP contribution in [-0.4, -0.2) is 11.8 Å². The summed E-state index contributed by atoms with van der Waals surface area (Å²) in [7, 11) is 0. The third kappa shape index (κ3) is 2.90. The van der Waals surface area contributed by atoms with Crippen molar-refractivity contribution in [3.63, 3.8) is 0 Å². The van der Waals surface area contributed by atoms with E-state index >= 15 is 0 Å².